The standard InChI is InChI=1S/C22H26N4O4/c1-28-19-7-5-4-6-18(19)26-10-8-25(9-11-26)15-22(27)24-17-13-21(30-3)20(29-2)12-16(17)14-23/h4-7,12-13H,8-11,15H2,1-3H3,(H,24,27)/p+1. The maximum Gasteiger partial charge on any atom is 0.279 e. The van der Waals surface area contributed by atoms with Gasteiger partial charge in [-0.05, 0) is 12.1 Å². The van der Waals surface area contributed by atoms with E-state index in [2.05, 4.69) is 22.4 Å². The maximum atomic E-state index is 12.6. The van der Waals surface area contributed by atoms with E-state index in [1.165, 1.54) is 19.1 Å². The zero-order chi connectivity index (χ0) is 21.5. The number of hydrogen-bond donors (Lipinski definition) is 2. The molecule has 0 aromatic heterocycles. The monoisotopic (exact) mass is 411 g/mol. The van der Waals surface area contributed by atoms with Crippen molar-refractivity contribution in [2.24, 2.45) is 0 Å². The molecule has 8 nitrogen and oxygen atoms in total. The maximum absolute atomic E-state index is 12.6. The summed E-state index contributed by atoms with van der Waals surface area (Å²) in [7, 11) is 4.69. The molecule has 1 fully saturated rings. The van der Waals surface area contributed by atoms with Gasteiger partial charge in [-0.2, -0.15) is 5.26 Å². The Morgan fingerprint density at radius 1 is 1.07 bits per heavy atom. The summed E-state index contributed by atoms with van der Waals surface area (Å²) in [4.78, 5) is 16.1. The van der Waals surface area contributed by atoms with E-state index in [9.17, 15) is 10.1 Å². The van der Waals surface area contributed by atoms with Crippen LogP contribution in [-0.2, 0) is 4.79 Å². The molecule has 0 aliphatic carbocycles. The number of para-hydroxylation sites is 2. The molecular weight excluding hydrogens is 384 g/mol. The number of ether oxygens (including phenoxy) is 3. The minimum atomic E-state index is -0.139. The number of methoxy groups -OCH3 is 3. The molecule has 0 spiro atoms. The molecule has 1 heterocycles. The summed E-state index contributed by atoms with van der Waals surface area (Å²) < 4.78 is 15.9. The molecule has 1 saturated heterocycles. The van der Waals surface area contributed by atoms with Crippen molar-refractivity contribution in [1.29, 1.82) is 5.26 Å². The summed E-state index contributed by atoms with van der Waals surface area (Å²) in [5.74, 6) is 1.63. The lowest BCUT2D eigenvalue weighted by atomic mass is 10.1. The van der Waals surface area contributed by atoms with Gasteiger partial charge in [0, 0.05) is 12.1 Å². The van der Waals surface area contributed by atoms with Crippen molar-refractivity contribution in [2.75, 3.05) is 64.3 Å². The molecule has 3 rings (SSSR count). The van der Waals surface area contributed by atoms with E-state index in [1.54, 1.807) is 19.2 Å². The SMILES string of the molecule is COc1cc(C#N)c(NC(=O)C[NH+]2CCN(c3ccccc3OC)CC2)cc1OC. The van der Waals surface area contributed by atoms with Crippen LogP contribution in [0.25, 0.3) is 0 Å². The third-order valence-corrected chi connectivity index (χ3v) is 5.23. The van der Waals surface area contributed by atoms with Gasteiger partial charge in [-0.15, -0.1) is 0 Å². The molecule has 0 unspecified atom stereocenters. The number of piperazine rings is 1. The Morgan fingerprint density at radius 3 is 2.33 bits per heavy atom. The highest BCUT2D eigenvalue weighted by Gasteiger charge is 2.24. The van der Waals surface area contributed by atoms with Crippen molar-refractivity contribution in [1.82, 2.24) is 0 Å². The van der Waals surface area contributed by atoms with Crippen molar-refractivity contribution in [3.05, 3.63) is 42.0 Å². The fraction of sp³-hybridized carbons (Fsp3) is 0.364. The second-order valence-electron chi connectivity index (χ2n) is 7.00. The predicted octanol–water partition coefficient (Wildman–Crippen LogP) is 0.928. The first kappa shape index (κ1) is 21.3. The average molecular weight is 411 g/mol. The van der Waals surface area contributed by atoms with Crippen molar-refractivity contribution in [3.63, 3.8) is 0 Å². The van der Waals surface area contributed by atoms with Crippen LogP contribution in [0.15, 0.2) is 36.4 Å². The molecule has 0 radical (unpaired) electrons. The lowest BCUT2D eigenvalue weighted by molar-refractivity contribution is -0.892. The summed E-state index contributed by atoms with van der Waals surface area (Å²) in [6.07, 6.45) is 0. The topological polar surface area (TPSA) is 88.3 Å². The summed E-state index contributed by atoms with van der Waals surface area (Å²) in [6, 6.07) is 13.2. The third kappa shape index (κ3) is 4.75. The zero-order valence-corrected chi connectivity index (χ0v) is 17.5. The van der Waals surface area contributed by atoms with Gasteiger partial charge < -0.3 is 29.3 Å². The molecule has 1 aliphatic rings. The number of nitriles is 1. The molecule has 30 heavy (non-hydrogen) atoms. The second-order valence-corrected chi connectivity index (χ2v) is 7.00. The van der Waals surface area contributed by atoms with Gasteiger partial charge in [-0.1, -0.05) is 12.1 Å². The highest BCUT2D eigenvalue weighted by Crippen LogP contribution is 2.33. The Morgan fingerprint density at radius 2 is 1.70 bits per heavy atom. The van der Waals surface area contributed by atoms with E-state index < -0.39 is 0 Å². The molecule has 1 aliphatic heterocycles. The fourth-order valence-electron chi connectivity index (χ4n) is 3.63. The molecule has 8 heteroatoms. The van der Waals surface area contributed by atoms with E-state index in [1.807, 2.05) is 18.2 Å². The van der Waals surface area contributed by atoms with Crippen molar-refractivity contribution < 1.29 is 23.9 Å². The molecule has 0 bridgehead atoms. The second kappa shape index (κ2) is 9.85. The number of amides is 1. The summed E-state index contributed by atoms with van der Waals surface area (Å²) in [6.45, 7) is 3.68. The molecule has 2 aromatic carbocycles. The van der Waals surface area contributed by atoms with Crippen LogP contribution in [0.5, 0.6) is 17.2 Å². The van der Waals surface area contributed by atoms with E-state index >= 15 is 0 Å². The van der Waals surface area contributed by atoms with Gasteiger partial charge in [-0.3, -0.25) is 4.79 Å². The number of carbonyl (C=O) groups is 1. The molecule has 2 N–H and O–H groups in total. The number of nitrogens with one attached hydrogen (secondary N) is 2. The van der Waals surface area contributed by atoms with Gasteiger partial charge in [0.2, 0.25) is 0 Å². The number of quaternary nitrogens is 1. The number of anilines is 2. The highest BCUT2D eigenvalue weighted by molar-refractivity contribution is 5.93. The summed E-state index contributed by atoms with van der Waals surface area (Å²) >= 11 is 0. The van der Waals surface area contributed by atoms with Crippen LogP contribution >= 0.6 is 0 Å². The number of benzene rings is 2. The van der Waals surface area contributed by atoms with Crippen molar-refractivity contribution >= 4 is 17.3 Å². The molecule has 0 atom stereocenters. The van der Waals surface area contributed by atoms with Gasteiger partial charge in [0.1, 0.15) is 11.8 Å². The third-order valence-electron chi connectivity index (χ3n) is 5.23. The quantitative estimate of drug-likeness (QED) is 0.705. The Balaban J connectivity index is 1.60. The van der Waals surface area contributed by atoms with Crippen LogP contribution < -0.4 is 29.3 Å². The molecule has 2 aromatic rings. The Hall–Kier alpha value is -3.44. The largest absolute Gasteiger partial charge is 0.495 e. The van der Waals surface area contributed by atoms with Crippen LogP contribution in [0.1, 0.15) is 5.56 Å². The Bertz CT molecular complexity index is 933. The molecular formula is C22H27N4O4+. The van der Waals surface area contributed by atoms with Crippen LogP contribution in [0.4, 0.5) is 11.4 Å². The normalized spacial score (nSPS) is 14.0. The number of carbonyl (C=O) groups excluding carboxylic acids is 1. The smallest absolute Gasteiger partial charge is 0.279 e. The van der Waals surface area contributed by atoms with Crippen molar-refractivity contribution in [3.8, 4) is 23.3 Å². The number of nitrogens with zero attached hydrogens (tertiary/aromatic N) is 2. The van der Waals surface area contributed by atoms with Crippen LogP contribution in [-0.4, -0.2) is 60.0 Å². The van der Waals surface area contributed by atoms with E-state index in [4.69, 9.17) is 14.2 Å². The van der Waals surface area contributed by atoms with E-state index in [-0.39, 0.29) is 5.91 Å². The Labute approximate surface area is 176 Å². The van der Waals surface area contributed by atoms with Gasteiger partial charge in [0.05, 0.1) is 64.4 Å². The lowest BCUT2D eigenvalue weighted by Gasteiger charge is -2.34. The molecule has 158 valence electrons. The van der Waals surface area contributed by atoms with Gasteiger partial charge in [0.15, 0.2) is 18.0 Å². The first-order chi connectivity index (χ1) is 14.6. The predicted molar refractivity (Wildman–Crippen MR) is 114 cm³/mol. The van der Waals surface area contributed by atoms with Crippen molar-refractivity contribution in [2.45, 2.75) is 0 Å². The van der Waals surface area contributed by atoms with E-state index in [0.717, 1.165) is 37.6 Å². The molecule has 1 amide bonds. The average Bonchev–Trinajstić information content (AvgIpc) is 2.79. The molecule has 0 saturated carbocycles. The highest BCUT2D eigenvalue weighted by atomic mass is 16.5. The fourth-order valence-corrected chi connectivity index (χ4v) is 3.63. The van der Waals surface area contributed by atoms with Gasteiger partial charge >= 0.3 is 0 Å². The summed E-state index contributed by atoms with van der Waals surface area (Å²) in [5.41, 5.74) is 1.83. The lowest BCUT2D eigenvalue weighted by Crippen LogP contribution is -3.15. The number of hydrogen-bond acceptors (Lipinski definition) is 6. The van der Waals surface area contributed by atoms with Crippen LogP contribution in [0, 0.1) is 11.3 Å². The van der Waals surface area contributed by atoms with Gasteiger partial charge in [-0.25, -0.2) is 0 Å². The minimum absolute atomic E-state index is 0.139. The number of rotatable bonds is 7. The Kier molecular flexibility index (Phi) is 6.99. The zero-order valence-electron chi connectivity index (χ0n) is 17.5. The van der Waals surface area contributed by atoms with Crippen LogP contribution in [0.3, 0.4) is 0 Å². The first-order valence-electron chi connectivity index (χ1n) is 9.77. The summed E-state index contributed by atoms with van der Waals surface area (Å²) in [5, 5.41) is 12.2. The minimum Gasteiger partial charge on any atom is -0.495 e. The van der Waals surface area contributed by atoms with Crippen LogP contribution in [0.2, 0.25) is 0 Å². The van der Waals surface area contributed by atoms with Gasteiger partial charge in [0.25, 0.3) is 5.91 Å². The van der Waals surface area contributed by atoms with E-state index in [0.29, 0.717) is 29.3 Å². The first-order valence-corrected chi connectivity index (χ1v) is 9.77.